The predicted octanol–water partition coefficient (Wildman–Crippen LogP) is 4.32. The van der Waals surface area contributed by atoms with E-state index in [-0.39, 0.29) is 16.7 Å². The minimum atomic E-state index is -1.73. The predicted molar refractivity (Wildman–Crippen MR) is 154 cm³/mol. The van der Waals surface area contributed by atoms with Gasteiger partial charge in [0.15, 0.2) is 0 Å². The van der Waals surface area contributed by atoms with Crippen molar-refractivity contribution in [1.82, 2.24) is 0 Å². The summed E-state index contributed by atoms with van der Waals surface area (Å²) in [5.41, 5.74) is 2.88. The van der Waals surface area contributed by atoms with Crippen LogP contribution in [0.15, 0.2) is 57.7 Å². The molecular formula is C24H18As2O5S4. The molecule has 2 saturated heterocycles. The normalized spacial score (nSPS) is 17.0. The molecule has 11 heteroatoms. The van der Waals surface area contributed by atoms with Crippen molar-refractivity contribution in [1.29, 1.82) is 0 Å². The van der Waals surface area contributed by atoms with E-state index < -0.39 is 30.6 Å². The number of hydrogen-bond acceptors (Lipinski definition) is 8. The average Bonchev–Trinajstić information content (AvgIpc) is 3.57. The van der Waals surface area contributed by atoms with Crippen LogP contribution in [0.2, 0.25) is 0 Å². The molecule has 0 amide bonds. The first-order valence-corrected chi connectivity index (χ1v) is 25.6. The van der Waals surface area contributed by atoms with E-state index in [0.29, 0.717) is 27.9 Å². The zero-order valence-corrected chi connectivity index (χ0v) is 25.1. The van der Waals surface area contributed by atoms with E-state index in [1.165, 1.54) is 0 Å². The maximum atomic E-state index is 13.2. The third kappa shape index (κ3) is 4.36. The Hall–Kier alpha value is -1.08. The van der Waals surface area contributed by atoms with E-state index in [4.69, 9.17) is 4.42 Å². The van der Waals surface area contributed by atoms with Gasteiger partial charge in [-0.3, -0.25) is 0 Å². The number of fused-ring (bicyclic) bond motifs is 2. The van der Waals surface area contributed by atoms with E-state index in [1.807, 2.05) is 52.2 Å². The van der Waals surface area contributed by atoms with E-state index in [9.17, 15) is 19.8 Å². The van der Waals surface area contributed by atoms with Crippen LogP contribution >= 0.6 is 40.1 Å². The van der Waals surface area contributed by atoms with Gasteiger partial charge in [-0.25, -0.2) is 0 Å². The van der Waals surface area contributed by atoms with Crippen molar-refractivity contribution in [3.05, 3.63) is 64.3 Å². The monoisotopic (exact) mass is 664 g/mol. The summed E-state index contributed by atoms with van der Waals surface area (Å²) in [6.07, 6.45) is 0. The quantitative estimate of drug-likeness (QED) is 0.245. The van der Waals surface area contributed by atoms with E-state index >= 15 is 0 Å². The molecule has 4 aliphatic rings. The Balaban J connectivity index is 1.78. The number of benzene rings is 3. The van der Waals surface area contributed by atoms with E-state index in [2.05, 4.69) is 0 Å². The summed E-state index contributed by atoms with van der Waals surface area (Å²) in [5.74, 6) is 3.94. The van der Waals surface area contributed by atoms with Gasteiger partial charge in [-0.1, -0.05) is 0 Å². The van der Waals surface area contributed by atoms with Gasteiger partial charge in [-0.05, 0) is 0 Å². The van der Waals surface area contributed by atoms with Crippen LogP contribution < -0.4 is 14.1 Å². The molecule has 2 aromatic rings. The summed E-state index contributed by atoms with van der Waals surface area (Å²) in [4.78, 5) is 25.4. The molecule has 0 radical (unpaired) electrons. The van der Waals surface area contributed by atoms with Crippen molar-refractivity contribution in [2.45, 2.75) is 0 Å². The number of carbonyl (C=O) groups is 1. The zero-order valence-electron chi connectivity index (χ0n) is 18.1. The Morgan fingerprint density at radius 1 is 0.886 bits per heavy atom. The van der Waals surface area contributed by atoms with E-state index in [0.717, 1.165) is 37.3 Å². The van der Waals surface area contributed by atoms with Gasteiger partial charge >= 0.3 is 225 Å². The topological polar surface area (TPSA) is 87.7 Å². The molecular weight excluding hydrogens is 646 g/mol. The SMILES string of the molecule is O=C(O)c1ccccc1-c1c2ccc(=O)c([As]3SCCS3)c-2oc2c([As]3SCCS3)cc(O)cc12. The van der Waals surface area contributed by atoms with Crippen molar-refractivity contribution in [3.63, 3.8) is 0 Å². The molecule has 35 heavy (non-hydrogen) atoms. The molecule has 0 unspecified atom stereocenters. The van der Waals surface area contributed by atoms with Crippen molar-refractivity contribution in [3.8, 4) is 28.2 Å². The van der Waals surface area contributed by atoms with Gasteiger partial charge in [0.25, 0.3) is 0 Å². The molecule has 178 valence electrons. The molecule has 0 spiro atoms. The summed E-state index contributed by atoms with van der Waals surface area (Å²) >= 11 is -3.32. The van der Waals surface area contributed by atoms with Crippen LogP contribution in [0, 0.1) is 0 Å². The van der Waals surface area contributed by atoms with Gasteiger partial charge in [-0.2, -0.15) is 0 Å². The molecule has 6 rings (SSSR count). The number of hydrogen-bond donors (Lipinski definition) is 2. The average molecular weight is 665 g/mol. The second-order valence-electron chi connectivity index (χ2n) is 7.81. The second-order valence-corrected chi connectivity index (χ2v) is 31.1. The molecule has 0 bridgehead atoms. The maximum absolute atomic E-state index is 13.2. The minimum absolute atomic E-state index is 0.00257. The van der Waals surface area contributed by atoms with Gasteiger partial charge in [-0.15, -0.1) is 0 Å². The first-order chi connectivity index (χ1) is 17.0. The molecule has 0 saturated carbocycles. The van der Waals surface area contributed by atoms with Gasteiger partial charge in [0.1, 0.15) is 0 Å². The van der Waals surface area contributed by atoms with Crippen LogP contribution in [0.3, 0.4) is 0 Å². The molecule has 2 N–H and O–H groups in total. The number of phenols is 1. The molecule has 3 aliphatic heterocycles. The van der Waals surface area contributed by atoms with Crippen molar-refractivity contribution in [2.24, 2.45) is 0 Å². The second kappa shape index (κ2) is 10.00. The van der Waals surface area contributed by atoms with Crippen LogP contribution in [0.1, 0.15) is 10.4 Å². The summed E-state index contributed by atoms with van der Waals surface area (Å²) in [6, 6.07) is 13.8. The van der Waals surface area contributed by atoms with E-state index in [1.54, 1.807) is 36.4 Å². The molecule has 3 heterocycles. The number of rotatable bonds is 4. The van der Waals surface area contributed by atoms with Crippen LogP contribution in [0.4, 0.5) is 0 Å². The molecule has 2 fully saturated rings. The number of aromatic carboxylic acids is 1. The fourth-order valence-electron chi connectivity index (χ4n) is 4.30. The van der Waals surface area contributed by atoms with Gasteiger partial charge in [0.05, 0.1) is 0 Å². The van der Waals surface area contributed by atoms with Crippen molar-refractivity contribution >= 4 is 90.4 Å². The molecule has 5 nitrogen and oxygen atoms in total. The van der Waals surface area contributed by atoms with Gasteiger partial charge in [0, 0.05) is 0 Å². The fourth-order valence-corrected chi connectivity index (χ4v) is 33.6. The first-order valence-electron chi connectivity index (χ1n) is 10.7. The molecule has 0 atom stereocenters. The molecule has 1 aliphatic carbocycles. The van der Waals surface area contributed by atoms with Gasteiger partial charge < -0.3 is 0 Å². The number of carboxylic acid groups (broad SMARTS) is 1. The standard InChI is InChI=1S/C24H18As2O5S4/c27-13-11-17-20(14-3-1-2-4-15(14)24(29)30)16-5-6-19(28)21(26-34-9-10-35-26)23(16)31-22(17)18(12-13)25-32-7-8-33-25/h1-6,11-12,27H,7-10H2,(H,29,30). The molecule has 0 aromatic heterocycles. The summed E-state index contributed by atoms with van der Waals surface area (Å²) in [5, 5.41) is 21.5. The third-order valence-corrected chi connectivity index (χ3v) is 32.9. The Labute approximate surface area is 223 Å². The van der Waals surface area contributed by atoms with Crippen molar-refractivity contribution in [2.75, 3.05) is 23.0 Å². The number of phenolic OH excluding ortho intramolecular Hbond substituents is 1. The van der Waals surface area contributed by atoms with Crippen molar-refractivity contribution < 1.29 is 19.4 Å². The number of aromatic hydroxyl groups is 1. The van der Waals surface area contributed by atoms with Crippen LogP contribution in [-0.4, -0.2) is 63.9 Å². The van der Waals surface area contributed by atoms with Crippen LogP contribution in [0.5, 0.6) is 5.75 Å². The Bertz CT molecular complexity index is 1500. The fraction of sp³-hybridized carbons (Fsp3) is 0.167. The Kier molecular flexibility index (Phi) is 6.93. The van der Waals surface area contributed by atoms with Gasteiger partial charge in [0.2, 0.25) is 0 Å². The number of carboxylic acids is 1. The third-order valence-electron chi connectivity index (χ3n) is 5.70. The summed E-state index contributed by atoms with van der Waals surface area (Å²) in [7, 11) is 7.67. The zero-order chi connectivity index (χ0) is 24.1. The molecule has 2 aromatic carbocycles. The van der Waals surface area contributed by atoms with Crippen LogP contribution in [-0.2, 0) is 0 Å². The Morgan fingerprint density at radius 2 is 1.57 bits per heavy atom. The summed E-state index contributed by atoms with van der Waals surface area (Å²) in [6.45, 7) is 0. The Morgan fingerprint density at radius 3 is 2.29 bits per heavy atom. The van der Waals surface area contributed by atoms with Crippen LogP contribution in [0.25, 0.3) is 33.4 Å². The first kappa shape index (κ1) is 24.3. The summed E-state index contributed by atoms with van der Waals surface area (Å²) < 4.78 is 8.50.